The minimum Gasteiger partial charge on any atom is -0.769 e. The summed E-state index contributed by atoms with van der Waals surface area (Å²) in [5.41, 5.74) is 0. The van der Waals surface area contributed by atoms with Crippen LogP contribution in [0.3, 0.4) is 0 Å². The van der Waals surface area contributed by atoms with Crippen molar-refractivity contribution in [3.63, 3.8) is 0 Å². The molecule has 0 heterocycles. The minimum atomic E-state index is 0. The molecule has 0 amide bonds. The van der Waals surface area contributed by atoms with Gasteiger partial charge in [-0.3, -0.25) is 0 Å². The Hall–Kier alpha value is 1.39. The van der Waals surface area contributed by atoms with Crippen LogP contribution in [-0.2, 0) is 0 Å². The predicted octanol–water partition coefficient (Wildman–Crippen LogP) is -1.88. The van der Waals surface area contributed by atoms with Crippen LogP contribution < -0.4 is 14.0 Å². The SMILES string of the molecule is [Ga+3].[O-]Cl.[O-]Cl.[O-]Cl. The van der Waals surface area contributed by atoms with Gasteiger partial charge < -0.3 is 14.0 Å². The molecule has 7 heavy (non-hydrogen) atoms. The van der Waals surface area contributed by atoms with Gasteiger partial charge in [0.15, 0.2) is 0 Å². The van der Waals surface area contributed by atoms with E-state index in [9.17, 15) is 0 Å². The van der Waals surface area contributed by atoms with Gasteiger partial charge in [-0.25, -0.2) is 35.6 Å². The van der Waals surface area contributed by atoms with Gasteiger partial charge in [0, 0.05) is 0 Å². The van der Waals surface area contributed by atoms with E-state index in [-0.39, 0.29) is 19.8 Å². The first kappa shape index (κ1) is 23.8. The molecule has 0 aliphatic heterocycles. The first-order chi connectivity index (χ1) is 3.00. The van der Waals surface area contributed by atoms with Crippen LogP contribution in [0.25, 0.3) is 0 Å². The summed E-state index contributed by atoms with van der Waals surface area (Å²) in [6.07, 6.45) is 0. The Bertz CT molecular complexity index is 10.1. The number of rotatable bonds is 0. The van der Waals surface area contributed by atoms with Gasteiger partial charge in [0.2, 0.25) is 0 Å². The summed E-state index contributed by atoms with van der Waals surface area (Å²) in [5.74, 6) is 0. The van der Waals surface area contributed by atoms with E-state index in [1.807, 2.05) is 0 Å². The summed E-state index contributed by atoms with van der Waals surface area (Å²) in [4.78, 5) is 0. The van der Waals surface area contributed by atoms with Crippen LogP contribution in [0.4, 0.5) is 0 Å². The molecular weight excluding hydrogens is 224 g/mol. The molecule has 0 N–H and O–H groups in total. The first-order valence-electron chi connectivity index (χ1n) is 0.463. The van der Waals surface area contributed by atoms with Gasteiger partial charge in [-0.15, -0.1) is 0 Å². The molecule has 0 radical (unpaired) electrons. The van der Waals surface area contributed by atoms with Crippen LogP contribution in [0, 0.1) is 0 Å². The average molecular weight is 224 g/mol. The maximum Gasteiger partial charge on any atom is 3.00 e. The fraction of sp³-hybridized carbons (Fsp3) is 0. The van der Waals surface area contributed by atoms with Crippen molar-refractivity contribution in [3.8, 4) is 0 Å². The molecule has 0 rings (SSSR count). The summed E-state index contributed by atoms with van der Waals surface area (Å²) in [5, 5.41) is 0. The molecule has 0 atom stereocenters. The van der Waals surface area contributed by atoms with Crippen LogP contribution in [-0.4, -0.2) is 19.8 Å². The van der Waals surface area contributed by atoms with Gasteiger partial charge in [-0.05, 0) is 0 Å². The van der Waals surface area contributed by atoms with Crippen molar-refractivity contribution in [3.05, 3.63) is 0 Å². The smallest absolute Gasteiger partial charge is 0.769 e. The molecule has 7 heteroatoms. The van der Waals surface area contributed by atoms with E-state index in [1.54, 1.807) is 0 Å². The molecule has 0 saturated carbocycles. The molecule has 0 aromatic rings. The number of hydrogen-bond acceptors (Lipinski definition) is 3. The molecule has 0 aromatic carbocycles. The third-order valence-corrected chi connectivity index (χ3v) is 0. The third kappa shape index (κ3) is 111. The minimum absolute atomic E-state index is 0. The van der Waals surface area contributed by atoms with E-state index in [4.69, 9.17) is 14.0 Å². The van der Waals surface area contributed by atoms with Crippen molar-refractivity contribution in [2.75, 3.05) is 0 Å². The van der Waals surface area contributed by atoms with Crippen molar-refractivity contribution < 1.29 is 14.0 Å². The van der Waals surface area contributed by atoms with Crippen molar-refractivity contribution in [1.82, 2.24) is 0 Å². The Morgan fingerprint density at radius 3 is 0.571 bits per heavy atom. The number of hydrogen-bond donors (Lipinski definition) is 0. The molecule has 3 nitrogen and oxygen atoms in total. The van der Waals surface area contributed by atoms with E-state index >= 15 is 0 Å². The standard InChI is InChI=1S/3ClO.Ga/c3*1-2;/q3*-1;+3. The van der Waals surface area contributed by atoms with Gasteiger partial charge in [-0.2, -0.15) is 0 Å². The maximum atomic E-state index is 7.72. The van der Waals surface area contributed by atoms with Crippen LogP contribution in [0.15, 0.2) is 0 Å². The average Bonchev–Trinajstić information content (AvgIpc) is 1.81. The fourth-order valence-electron chi connectivity index (χ4n) is 0. The molecular formula is Cl3GaO3. The molecule has 0 aliphatic carbocycles. The van der Waals surface area contributed by atoms with Gasteiger partial charge in [0.1, 0.15) is 0 Å². The van der Waals surface area contributed by atoms with Gasteiger partial charge in [-0.1, -0.05) is 0 Å². The zero-order valence-electron chi connectivity index (χ0n) is 2.94. The summed E-state index contributed by atoms with van der Waals surface area (Å²) in [6, 6.07) is 0. The normalized spacial score (nSPS) is 2.57. The quantitative estimate of drug-likeness (QED) is 0.452. The Morgan fingerprint density at radius 1 is 0.571 bits per heavy atom. The van der Waals surface area contributed by atoms with E-state index in [0.717, 1.165) is 0 Å². The molecule has 0 bridgehead atoms. The predicted molar refractivity (Wildman–Crippen MR) is 23.3 cm³/mol. The second kappa shape index (κ2) is 157. The maximum absolute atomic E-state index is 7.72. The molecule has 0 saturated heterocycles. The Balaban J connectivity index is -0.00000000900. The van der Waals surface area contributed by atoms with E-state index in [0.29, 0.717) is 0 Å². The molecule has 42 valence electrons. The Morgan fingerprint density at radius 2 is 0.571 bits per heavy atom. The van der Waals surface area contributed by atoms with Gasteiger partial charge >= 0.3 is 19.8 Å². The Kier molecular flexibility index (Phi) is 532. The fourth-order valence-corrected chi connectivity index (χ4v) is 0. The van der Waals surface area contributed by atoms with E-state index < -0.39 is 0 Å². The third-order valence-electron chi connectivity index (χ3n) is 0. The van der Waals surface area contributed by atoms with Crippen LogP contribution in [0.5, 0.6) is 0 Å². The zero-order valence-corrected chi connectivity index (χ0v) is 7.63. The van der Waals surface area contributed by atoms with Crippen molar-refractivity contribution in [1.29, 1.82) is 0 Å². The van der Waals surface area contributed by atoms with Crippen LogP contribution >= 0.6 is 35.6 Å². The van der Waals surface area contributed by atoms with Crippen molar-refractivity contribution in [2.24, 2.45) is 0 Å². The summed E-state index contributed by atoms with van der Waals surface area (Å²) >= 11 is 10.2. The van der Waals surface area contributed by atoms with Crippen LogP contribution in [0.1, 0.15) is 0 Å². The molecule has 0 unspecified atom stereocenters. The summed E-state index contributed by atoms with van der Waals surface area (Å²) in [6.45, 7) is 0. The molecule has 0 aliphatic rings. The van der Waals surface area contributed by atoms with E-state index in [2.05, 4.69) is 35.6 Å². The molecule has 0 aromatic heterocycles. The van der Waals surface area contributed by atoms with E-state index in [1.165, 1.54) is 0 Å². The van der Waals surface area contributed by atoms with Crippen LogP contribution in [0.2, 0.25) is 0 Å². The monoisotopic (exact) mass is 222 g/mol. The summed E-state index contributed by atoms with van der Waals surface area (Å²) in [7, 11) is 0. The molecule has 0 spiro atoms. The molecule has 0 fully saturated rings. The number of halogens is 3. The van der Waals surface area contributed by atoms with Gasteiger partial charge in [0.05, 0.1) is 0 Å². The van der Waals surface area contributed by atoms with Crippen molar-refractivity contribution in [2.45, 2.75) is 0 Å². The summed E-state index contributed by atoms with van der Waals surface area (Å²) < 4.78 is 23.2. The van der Waals surface area contributed by atoms with Crippen molar-refractivity contribution >= 4 is 55.4 Å². The largest absolute Gasteiger partial charge is 3.00 e. The first-order valence-corrected chi connectivity index (χ1v) is 1.39. The topological polar surface area (TPSA) is 69.2 Å². The Labute approximate surface area is 69.4 Å². The zero-order chi connectivity index (χ0) is 6.00. The van der Waals surface area contributed by atoms with Gasteiger partial charge in [0.25, 0.3) is 0 Å². The second-order valence-electron chi connectivity index (χ2n) is 0. The second-order valence-corrected chi connectivity index (χ2v) is 0.